The van der Waals surface area contributed by atoms with Crippen molar-refractivity contribution >= 4 is 5.57 Å². The molecule has 1 atom stereocenters. The van der Waals surface area contributed by atoms with Gasteiger partial charge in [-0.25, -0.2) is 4.98 Å². The molecule has 1 aliphatic rings. The molecule has 17 heavy (non-hydrogen) atoms. The predicted octanol–water partition coefficient (Wildman–Crippen LogP) is 2.82. The number of nitrogens with zero attached hydrogens (tertiary/aromatic N) is 2. The van der Waals surface area contributed by atoms with Gasteiger partial charge in [0.15, 0.2) is 0 Å². The molecule has 0 amide bonds. The zero-order chi connectivity index (χ0) is 12.5. The monoisotopic (exact) mass is 233 g/mol. The lowest BCUT2D eigenvalue weighted by molar-refractivity contribution is 0.317. The summed E-state index contributed by atoms with van der Waals surface area (Å²) in [6.07, 6.45) is 9.41. The molecule has 2 rings (SSSR count). The maximum Gasteiger partial charge on any atom is 0.135 e. The van der Waals surface area contributed by atoms with E-state index in [0.717, 1.165) is 31.6 Å². The molecule has 1 aliphatic carbocycles. The van der Waals surface area contributed by atoms with Crippen molar-refractivity contribution in [1.82, 2.24) is 9.55 Å². The zero-order valence-electron chi connectivity index (χ0n) is 11.1. The molecular weight excluding hydrogens is 210 g/mol. The molecule has 94 valence electrons. The van der Waals surface area contributed by atoms with Crippen LogP contribution in [0.3, 0.4) is 0 Å². The van der Waals surface area contributed by atoms with Gasteiger partial charge in [0.05, 0.1) is 0 Å². The Labute approximate surface area is 104 Å². The highest BCUT2D eigenvalue weighted by Crippen LogP contribution is 2.38. The van der Waals surface area contributed by atoms with Gasteiger partial charge in [-0.3, -0.25) is 0 Å². The largest absolute Gasteiger partial charge is 0.331 e. The third-order valence-corrected chi connectivity index (χ3v) is 3.34. The summed E-state index contributed by atoms with van der Waals surface area (Å²) < 4.78 is 2.24. The summed E-state index contributed by atoms with van der Waals surface area (Å²) in [5.41, 5.74) is 7.71. The SMILES string of the molecule is CCCn1ccnc1C1=CC(N)CC(C)(C)C1. The van der Waals surface area contributed by atoms with Crippen molar-refractivity contribution in [2.75, 3.05) is 0 Å². The van der Waals surface area contributed by atoms with Crippen LogP contribution in [0.4, 0.5) is 0 Å². The van der Waals surface area contributed by atoms with Crippen molar-refractivity contribution in [1.29, 1.82) is 0 Å². The molecule has 0 spiro atoms. The highest BCUT2D eigenvalue weighted by atomic mass is 15.1. The number of rotatable bonds is 3. The first kappa shape index (κ1) is 12.4. The van der Waals surface area contributed by atoms with Gasteiger partial charge in [-0.2, -0.15) is 0 Å². The molecule has 0 radical (unpaired) electrons. The van der Waals surface area contributed by atoms with E-state index in [-0.39, 0.29) is 11.5 Å². The lowest BCUT2D eigenvalue weighted by atomic mass is 9.75. The standard InChI is InChI=1S/C14H23N3/c1-4-6-17-7-5-16-13(17)11-8-12(15)10-14(2,3)9-11/h5,7-8,12H,4,6,9-10,15H2,1-3H3. The van der Waals surface area contributed by atoms with E-state index in [1.54, 1.807) is 0 Å². The molecular formula is C14H23N3. The van der Waals surface area contributed by atoms with E-state index in [4.69, 9.17) is 5.73 Å². The van der Waals surface area contributed by atoms with Crippen LogP contribution in [0.2, 0.25) is 0 Å². The van der Waals surface area contributed by atoms with Crippen LogP contribution in [0.15, 0.2) is 18.5 Å². The second-order valence-electron chi connectivity index (χ2n) is 5.85. The Hall–Kier alpha value is -1.09. The summed E-state index contributed by atoms with van der Waals surface area (Å²) in [6, 6.07) is 0.167. The van der Waals surface area contributed by atoms with Gasteiger partial charge < -0.3 is 10.3 Å². The second-order valence-corrected chi connectivity index (χ2v) is 5.85. The average Bonchev–Trinajstić information content (AvgIpc) is 2.63. The molecule has 1 heterocycles. The third-order valence-electron chi connectivity index (χ3n) is 3.34. The number of hydrogen-bond acceptors (Lipinski definition) is 2. The van der Waals surface area contributed by atoms with Crippen molar-refractivity contribution in [2.45, 2.75) is 52.6 Å². The number of hydrogen-bond donors (Lipinski definition) is 1. The molecule has 0 saturated heterocycles. The normalized spacial score (nSPS) is 23.5. The van der Waals surface area contributed by atoms with E-state index in [1.807, 2.05) is 6.20 Å². The van der Waals surface area contributed by atoms with E-state index in [9.17, 15) is 0 Å². The molecule has 0 aliphatic heterocycles. The Bertz CT molecular complexity index is 415. The molecule has 2 N–H and O–H groups in total. The zero-order valence-corrected chi connectivity index (χ0v) is 11.1. The Morgan fingerprint density at radius 2 is 2.29 bits per heavy atom. The van der Waals surface area contributed by atoms with Gasteiger partial charge in [0.25, 0.3) is 0 Å². The minimum Gasteiger partial charge on any atom is -0.331 e. The molecule has 0 aromatic carbocycles. The minimum atomic E-state index is 0.167. The molecule has 1 aromatic rings. The van der Waals surface area contributed by atoms with Crippen LogP contribution in [0.25, 0.3) is 5.57 Å². The third kappa shape index (κ3) is 2.78. The first-order valence-corrected chi connectivity index (χ1v) is 6.49. The molecule has 3 nitrogen and oxygen atoms in total. The van der Waals surface area contributed by atoms with Gasteiger partial charge in [-0.05, 0) is 30.3 Å². The number of aromatic nitrogens is 2. The van der Waals surface area contributed by atoms with E-state index < -0.39 is 0 Å². The number of allylic oxidation sites excluding steroid dienone is 1. The predicted molar refractivity (Wildman–Crippen MR) is 71.5 cm³/mol. The van der Waals surface area contributed by atoms with Crippen molar-refractivity contribution in [2.24, 2.45) is 11.1 Å². The first-order chi connectivity index (χ1) is 8.02. The number of imidazole rings is 1. The maximum atomic E-state index is 6.12. The van der Waals surface area contributed by atoms with Crippen molar-refractivity contribution in [3.05, 3.63) is 24.3 Å². The summed E-state index contributed by atoms with van der Waals surface area (Å²) >= 11 is 0. The maximum absolute atomic E-state index is 6.12. The molecule has 0 saturated carbocycles. The van der Waals surface area contributed by atoms with E-state index in [2.05, 4.69) is 42.6 Å². The smallest absolute Gasteiger partial charge is 0.135 e. The van der Waals surface area contributed by atoms with Crippen LogP contribution in [-0.2, 0) is 6.54 Å². The summed E-state index contributed by atoms with van der Waals surface area (Å²) in [5.74, 6) is 1.11. The molecule has 1 aromatic heterocycles. The van der Waals surface area contributed by atoms with Gasteiger partial charge in [0.1, 0.15) is 5.82 Å². The van der Waals surface area contributed by atoms with E-state index >= 15 is 0 Å². The fourth-order valence-electron chi connectivity index (χ4n) is 2.77. The Morgan fingerprint density at radius 1 is 1.53 bits per heavy atom. The first-order valence-electron chi connectivity index (χ1n) is 6.49. The second kappa shape index (κ2) is 4.65. The van der Waals surface area contributed by atoms with Crippen LogP contribution in [-0.4, -0.2) is 15.6 Å². The van der Waals surface area contributed by atoms with Crippen molar-refractivity contribution in [3.63, 3.8) is 0 Å². The Morgan fingerprint density at radius 3 is 2.94 bits per heavy atom. The highest BCUT2D eigenvalue weighted by Gasteiger charge is 2.28. The quantitative estimate of drug-likeness (QED) is 0.872. The van der Waals surface area contributed by atoms with Crippen LogP contribution in [0.5, 0.6) is 0 Å². The number of aryl methyl sites for hydroxylation is 1. The fraction of sp³-hybridized carbons (Fsp3) is 0.643. The summed E-state index contributed by atoms with van der Waals surface area (Å²) in [6.45, 7) is 7.79. The summed E-state index contributed by atoms with van der Waals surface area (Å²) in [5, 5.41) is 0. The lowest BCUT2D eigenvalue weighted by Crippen LogP contribution is -2.31. The van der Waals surface area contributed by atoms with Crippen LogP contribution in [0.1, 0.15) is 45.9 Å². The van der Waals surface area contributed by atoms with Gasteiger partial charge in [-0.1, -0.05) is 26.8 Å². The highest BCUT2D eigenvalue weighted by molar-refractivity contribution is 5.62. The average molecular weight is 233 g/mol. The van der Waals surface area contributed by atoms with E-state index in [1.165, 1.54) is 5.57 Å². The van der Waals surface area contributed by atoms with Gasteiger partial charge in [0, 0.05) is 25.0 Å². The molecule has 0 bridgehead atoms. The minimum absolute atomic E-state index is 0.167. The van der Waals surface area contributed by atoms with Gasteiger partial charge >= 0.3 is 0 Å². The Kier molecular flexibility index (Phi) is 3.38. The molecule has 1 unspecified atom stereocenters. The van der Waals surface area contributed by atoms with Crippen LogP contribution >= 0.6 is 0 Å². The van der Waals surface area contributed by atoms with Gasteiger partial charge in [-0.15, -0.1) is 0 Å². The van der Waals surface area contributed by atoms with Gasteiger partial charge in [0.2, 0.25) is 0 Å². The van der Waals surface area contributed by atoms with E-state index in [0.29, 0.717) is 0 Å². The topological polar surface area (TPSA) is 43.8 Å². The number of nitrogens with two attached hydrogens (primary N) is 1. The van der Waals surface area contributed by atoms with Crippen LogP contribution in [0, 0.1) is 5.41 Å². The van der Waals surface area contributed by atoms with Crippen LogP contribution < -0.4 is 5.73 Å². The van der Waals surface area contributed by atoms with Crippen molar-refractivity contribution < 1.29 is 0 Å². The summed E-state index contributed by atoms with van der Waals surface area (Å²) in [4.78, 5) is 4.50. The fourth-order valence-corrected chi connectivity index (χ4v) is 2.77. The summed E-state index contributed by atoms with van der Waals surface area (Å²) in [7, 11) is 0. The Balaban J connectivity index is 2.29. The van der Waals surface area contributed by atoms with Crippen molar-refractivity contribution in [3.8, 4) is 0 Å². The molecule has 0 fully saturated rings. The molecule has 3 heteroatoms. The lowest BCUT2D eigenvalue weighted by Gasteiger charge is -2.33.